The first-order valence-corrected chi connectivity index (χ1v) is 9.51. The van der Waals surface area contributed by atoms with Gasteiger partial charge in [-0.3, -0.25) is 9.59 Å². The summed E-state index contributed by atoms with van der Waals surface area (Å²) < 4.78 is 39.0. The van der Waals surface area contributed by atoms with E-state index in [4.69, 9.17) is 0 Å². The number of nitrogens with zero attached hydrogens (tertiary/aromatic N) is 1. The molecule has 0 spiro atoms. The quantitative estimate of drug-likeness (QED) is 0.785. The SMILES string of the molecule is CCN(CC(=O)Nc1ccccc1C(F)(F)F)C(=O)CC1CSCCN1. The lowest BCUT2D eigenvalue weighted by Crippen LogP contribution is -2.44. The van der Waals surface area contributed by atoms with Crippen LogP contribution in [0.4, 0.5) is 18.9 Å². The van der Waals surface area contributed by atoms with Gasteiger partial charge in [-0.05, 0) is 19.1 Å². The Labute approximate surface area is 154 Å². The van der Waals surface area contributed by atoms with Crippen LogP contribution in [0.1, 0.15) is 18.9 Å². The summed E-state index contributed by atoms with van der Waals surface area (Å²) >= 11 is 1.76. The number of nitrogens with one attached hydrogen (secondary N) is 2. The topological polar surface area (TPSA) is 61.4 Å². The molecule has 1 aromatic carbocycles. The average molecular weight is 389 g/mol. The number of hydrogen-bond donors (Lipinski definition) is 2. The highest BCUT2D eigenvalue weighted by molar-refractivity contribution is 7.99. The van der Waals surface area contributed by atoms with Gasteiger partial charge >= 0.3 is 6.18 Å². The van der Waals surface area contributed by atoms with Gasteiger partial charge in [0.05, 0.1) is 17.8 Å². The van der Waals surface area contributed by atoms with Crippen LogP contribution >= 0.6 is 11.8 Å². The third kappa shape index (κ3) is 5.91. The number of para-hydroxylation sites is 1. The van der Waals surface area contributed by atoms with Crippen molar-refractivity contribution in [2.75, 3.05) is 36.5 Å². The van der Waals surface area contributed by atoms with E-state index < -0.39 is 17.6 Å². The van der Waals surface area contributed by atoms with Crippen LogP contribution in [0, 0.1) is 0 Å². The van der Waals surface area contributed by atoms with Crippen molar-refractivity contribution in [1.29, 1.82) is 0 Å². The van der Waals surface area contributed by atoms with Crippen LogP contribution < -0.4 is 10.6 Å². The fraction of sp³-hybridized carbons (Fsp3) is 0.529. The molecule has 0 aromatic heterocycles. The molecule has 1 fully saturated rings. The van der Waals surface area contributed by atoms with Crippen molar-refractivity contribution in [1.82, 2.24) is 10.2 Å². The molecule has 0 bridgehead atoms. The summed E-state index contributed by atoms with van der Waals surface area (Å²) in [5.41, 5.74) is -1.22. The summed E-state index contributed by atoms with van der Waals surface area (Å²) in [4.78, 5) is 25.9. The maximum atomic E-state index is 13.0. The standard InChI is InChI=1S/C17H22F3N3O2S/c1-2-23(16(25)9-12-11-26-8-7-21-12)10-15(24)22-14-6-4-3-5-13(14)17(18,19)20/h3-6,12,21H,2,7-11H2,1H3,(H,22,24). The second kappa shape index (κ2) is 9.27. The molecule has 0 aliphatic carbocycles. The van der Waals surface area contributed by atoms with Gasteiger partial charge in [-0.15, -0.1) is 0 Å². The number of rotatable bonds is 6. The Bertz CT molecular complexity index is 634. The fourth-order valence-electron chi connectivity index (χ4n) is 2.67. The van der Waals surface area contributed by atoms with Crippen LogP contribution in [0.25, 0.3) is 0 Å². The number of carbonyl (C=O) groups excluding carboxylic acids is 2. The third-order valence-corrected chi connectivity index (χ3v) is 5.13. The van der Waals surface area contributed by atoms with Crippen molar-refractivity contribution >= 4 is 29.3 Å². The molecular formula is C17H22F3N3O2S. The number of thioether (sulfide) groups is 1. The molecule has 1 aromatic rings. The number of benzene rings is 1. The maximum absolute atomic E-state index is 13.0. The van der Waals surface area contributed by atoms with Gasteiger partial charge < -0.3 is 15.5 Å². The van der Waals surface area contributed by atoms with Crippen molar-refractivity contribution < 1.29 is 22.8 Å². The zero-order chi connectivity index (χ0) is 19.2. The molecule has 0 radical (unpaired) electrons. The highest BCUT2D eigenvalue weighted by Gasteiger charge is 2.33. The second-order valence-corrected chi connectivity index (χ2v) is 7.08. The summed E-state index contributed by atoms with van der Waals surface area (Å²) in [6, 6.07) is 4.84. The van der Waals surface area contributed by atoms with Gasteiger partial charge in [-0.25, -0.2) is 0 Å². The van der Waals surface area contributed by atoms with Crippen LogP contribution in [0.15, 0.2) is 24.3 Å². The highest BCUT2D eigenvalue weighted by atomic mass is 32.2. The lowest BCUT2D eigenvalue weighted by atomic mass is 10.1. The molecule has 0 saturated carbocycles. The molecule has 1 heterocycles. The van der Waals surface area contributed by atoms with Gasteiger partial charge in [0, 0.05) is 37.1 Å². The summed E-state index contributed by atoms with van der Waals surface area (Å²) in [5, 5.41) is 5.52. The number of halogens is 3. The number of alkyl halides is 3. The second-order valence-electron chi connectivity index (χ2n) is 5.93. The molecular weight excluding hydrogens is 367 g/mol. The Morgan fingerprint density at radius 2 is 2.08 bits per heavy atom. The van der Waals surface area contributed by atoms with Gasteiger partial charge in [-0.1, -0.05) is 12.1 Å². The summed E-state index contributed by atoms with van der Waals surface area (Å²) in [6.45, 7) is 2.61. The Morgan fingerprint density at radius 1 is 1.35 bits per heavy atom. The van der Waals surface area contributed by atoms with Crippen LogP contribution in [0.5, 0.6) is 0 Å². The van der Waals surface area contributed by atoms with E-state index in [0.717, 1.165) is 24.1 Å². The molecule has 1 aliphatic rings. The minimum Gasteiger partial charge on any atom is -0.334 e. The van der Waals surface area contributed by atoms with E-state index in [2.05, 4.69) is 10.6 Å². The van der Waals surface area contributed by atoms with Crippen molar-refractivity contribution in [2.24, 2.45) is 0 Å². The number of amides is 2. The first-order valence-electron chi connectivity index (χ1n) is 8.36. The Hall–Kier alpha value is -1.74. The summed E-state index contributed by atoms with van der Waals surface area (Å²) in [7, 11) is 0. The van der Waals surface area contributed by atoms with Gasteiger partial charge in [0.25, 0.3) is 0 Å². The summed E-state index contributed by atoms with van der Waals surface area (Å²) in [5.74, 6) is 0.993. The number of likely N-dealkylation sites (N-methyl/N-ethyl adjacent to an activating group) is 1. The minimum atomic E-state index is -4.56. The van der Waals surface area contributed by atoms with Crippen molar-refractivity contribution in [3.05, 3.63) is 29.8 Å². The average Bonchev–Trinajstić information content (AvgIpc) is 2.60. The molecule has 144 valence electrons. The van der Waals surface area contributed by atoms with Gasteiger partial charge in [0.15, 0.2) is 0 Å². The molecule has 2 rings (SSSR count). The zero-order valence-electron chi connectivity index (χ0n) is 14.4. The van der Waals surface area contributed by atoms with Gasteiger partial charge in [0.2, 0.25) is 11.8 Å². The van der Waals surface area contributed by atoms with E-state index in [1.54, 1.807) is 18.7 Å². The zero-order valence-corrected chi connectivity index (χ0v) is 15.3. The molecule has 5 nitrogen and oxygen atoms in total. The van der Waals surface area contributed by atoms with E-state index in [1.807, 2.05) is 0 Å². The maximum Gasteiger partial charge on any atom is 0.418 e. The third-order valence-electron chi connectivity index (χ3n) is 3.99. The first kappa shape index (κ1) is 20.6. The van der Waals surface area contributed by atoms with Crippen LogP contribution in [0.2, 0.25) is 0 Å². The monoisotopic (exact) mass is 389 g/mol. The fourth-order valence-corrected chi connectivity index (χ4v) is 3.62. The molecule has 1 unspecified atom stereocenters. The molecule has 26 heavy (non-hydrogen) atoms. The van der Waals surface area contributed by atoms with E-state index >= 15 is 0 Å². The smallest absolute Gasteiger partial charge is 0.334 e. The molecule has 2 amide bonds. The van der Waals surface area contributed by atoms with Crippen LogP contribution in [-0.4, -0.2) is 53.9 Å². The number of carbonyl (C=O) groups is 2. The Kier molecular flexibility index (Phi) is 7.33. The predicted octanol–water partition coefficient (Wildman–Crippen LogP) is 2.59. The number of hydrogen-bond acceptors (Lipinski definition) is 4. The van der Waals surface area contributed by atoms with Crippen LogP contribution in [-0.2, 0) is 15.8 Å². The highest BCUT2D eigenvalue weighted by Crippen LogP contribution is 2.34. The molecule has 9 heteroatoms. The largest absolute Gasteiger partial charge is 0.418 e. The Balaban J connectivity index is 1.96. The first-order chi connectivity index (χ1) is 12.3. The van der Waals surface area contributed by atoms with Crippen molar-refractivity contribution in [3.8, 4) is 0 Å². The van der Waals surface area contributed by atoms with Gasteiger partial charge in [0.1, 0.15) is 0 Å². The summed E-state index contributed by atoms with van der Waals surface area (Å²) in [6.07, 6.45) is -4.29. The van der Waals surface area contributed by atoms with E-state index in [0.29, 0.717) is 6.54 Å². The Morgan fingerprint density at radius 3 is 2.69 bits per heavy atom. The number of anilines is 1. The van der Waals surface area contributed by atoms with Crippen molar-refractivity contribution in [2.45, 2.75) is 25.6 Å². The minimum absolute atomic E-state index is 0.0596. The van der Waals surface area contributed by atoms with Crippen molar-refractivity contribution in [3.63, 3.8) is 0 Å². The lowest BCUT2D eigenvalue weighted by molar-refractivity contribution is -0.137. The predicted molar refractivity (Wildman–Crippen MR) is 96.1 cm³/mol. The molecule has 1 saturated heterocycles. The van der Waals surface area contributed by atoms with E-state index in [-0.39, 0.29) is 30.6 Å². The van der Waals surface area contributed by atoms with Gasteiger partial charge in [-0.2, -0.15) is 24.9 Å². The molecule has 1 atom stereocenters. The lowest BCUT2D eigenvalue weighted by Gasteiger charge is -2.26. The molecule has 2 N–H and O–H groups in total. The van der Waals surface area contributed by atoms with E-state index in [1.165, 1.54) is 23.1 Å². The molecule has 1 aliphatic heterocycles. The van der Waals surface area contributed by atoms with E-state index in [9.17, 15) is 22.8 Å². The van der Waals surface area contributed by atoms with Crippen LogP contribution in [0.3, 0.4) is 0 Å². The normalized spacial score (nSPS) is 17.6.